The highest BCUT2D eigenvalue weighted by molar-refractivity contribution is 7.53. The molecule has 30 heavy (non-hydrogen) atoms. The molecule has 3 aromatic rings. The maximum atomic E-state index is 13.2. The zero-order valence-corrected chi connectivity index (χ0v) is 17.8. The summed E-state index contributed by atoms with van der Waals surface area (Å²) >= 11 is 6.08. The molecule has 0 amide bonds. The highest BCUT2D eigenvalue weighted by Crippen LogP contribution is 2.58. The fourth-order valence-corrected chi connectivity index (χ4v) is 5.40. The molecule has 2 N–H and O–H groups in total. The highest BCUT2D eigenvalue weighted by atomic mass is 35.5. The van der Waals surface area contributed by atoms with Crippen LogP contribution in [0.4, 0.5) is 5.95 Å². The van der Waals surface area contributed by atoms with Gasteiger partial charge in [-0.05, 0) is 30.5 Å². The lowest BCUT2D eigenvalue weighted by atomic mass is 10.1. The van der Waals surface area contributed by atoms with Gasteiger partial charge in [0, 0.05) is 11.4 Å². The lowest BCUT2D eigenvalue weighted by Gasteiger charge is -2.31. The minimum atomic E-state index is -3.39. The summed E-state index contributed by atoms with van der Waals surface area (Å²) in [4.78, 5) is 12.5. The van der Waals surface area contributed by atoms with Gasteiger partial charge in [-0.1, -0.05) is 23.7 Å². The van der Waals surface area contributed by atoms with Crippen LogP contribution in [-0.2, 0) is 24.9 Å². The molecule has 1 aliphatic carbocycles. The number of imidazole rings is 1. The minimum absolute atomic E-state index is 0.103. The number of nitrogens with zero attached hydrogens (tertiary/aromatic N) is 4. The summed E-state index contributed by atoms with van der Waals surface area (Å²) in [6.45, 7) is 0.866. The quantitative estimate of drug-likeness (QED) is 0.563. The van der Waals surface area contributed by atoms with Crippen LogP contribution in [0.5, 0.6) is 0 Å². The topological polar surface area (TPSA) is 114 Å². The second-order valence-corrected chi connectivity index (χ2v) is 10.0. The van der Waals surface area contributed by atoms with Crippen molar-refractivity contribution in [3.63, 3.8) is 0 Å². The van der Waals surface area contributed by atoms with Crippen LogP contribution < -0.4 is 5.73 Å². The van der Waals surface area contributed by atoms with E-state index in [0.29, 0.717) is 35.8 Å². The van der Waals surface area contributed by atoms with E-state index in [9.17, 15) is 4.57 Å². The zero-order valence-electron chi connectivity index (χ0n) is 16.1. The number of anilines is 1. The second kappa shape index (κ2) is 7.59. The largest absolute Gasteiger partial charge is 0.368 e. The first-order valence-corrected chi connectivity index (χ1v) is 11.8. The predicted molar refractivity (Wildman–Crippen MR) is 111 cm³/mol. The number of nitrogen functional groups attached to an aromatic ring is 1. The maximum Gasteiger partial charge on any atom is 0.356 e. The molecule has 2 aliphatic rings. The lowest BCUT2D eigenvalue weighted by molar-refractivity contribution is 0.0148. The van der Waals surface area contributed by atoms with Crippen LogP contribution in [-0.4, -0.2) is 38.1 Å². The molecule has 1 aliphatic heterocycles. The molecular weight excluding hydrogens is 429 g/mol. The Morgan fingerprint density at radius 2 is 2.23 bits per heavy atom. The van der Waals surface area contributed by atoms with Gasteiger partial charge in [-0.3, -0.25) is 9.09 Å². The fourth-order valence-electron chi connectivity index (χ4n) is 3.58. The summed E-state index contributed by atoms with van der Waals surface area (Å²) < 4.78 is 32.5. The van der Waals surface area contributed by atoms with Crippen molar-refractivity contribution in [2.75, 3.05) is 18.7 Å². The predicted octanol–water partition coefficient (Wildman–Crippen LogP) is 3.94. The molecule has 5 rings (SSSR count). The number of rotatable bonds is 6. The third-order valence-electron chi connectivity index (χ3n) is 5.35. The number of hydrogen-bond acceptors (Lipinski definition) is 8. The summed E-state index contributed by atoms with van der Waals surface area (Å²) in [5.41, 5.74) is 7.45. The van der Waals surface area contributed by atoms with Gasteiger partial charge in [0.2, 0.25) is 5.95 Å². The summed E-state index contributed by atoms with van der Waals surface area (Å²) in [6, 6.07) is 7.38. The molecule has 1 aromatic carbocycles. The Bertz CT molecular complexity index is 1140. The van der Waals surface area contributed by atoms with Crippen molar-refractivity contribution in [3.8, 4) is 0 Å². The van der Waals surface area contributed by atoms with Gasteiger partial charge in [-0.2, -0.15) is 4.98 Å². The molecule has 1 saturated carbocycles. The fraction of sp³-hybridized carbons (Fsp3) is 0.421. The first-order valence-electron chi connectivity index (χ1n) is 9.69. The smallest absolute Gasteiger partial charge is 0.356 e. The highest BCUT2D eigenvalue weighted by Gasteiger charge is 2.47. The summed E-state index contributed by atoms with van der Waals surface area (Å²) in [5, 5.41) is 0.614. The van der Waals surface area contributed by atoms with Crippen LogP contribution in [0.3, 0.4) is 0 Å². The van der Waals surface area contributed by atoms with Gasteiger partial charge in [-0.25, -0.2) is 9.97 Å². The molecule has 0 spiro atoms. The number of halogens is 1. The number of hydrogen-bond donors (Lipinski definition) is 1. The third kappa shape index (κ3) is 4.08. The van der Waals surface area contributed by atoms with Crippen LogP contribution in [0.15, 0.2) is 36.8 Å². The van der Waals surface area contributed by atoms with Crippen molar-refractivity contribution in [1.82, 2.24) is 19.5 Å². The van der Waals surface area contributed by atoms with E-state index in [1.165, 1.54) is 0 Å². The Balaban J connectivity index is 1.26. The Morgan fingerprint density at radius 3 is 3.03 bits per heavy atom. The second-order valence-electron chi connectivity index (χ2n) is 7.65. The van der Waals surface area contributed by atoms with Gasteiger partial charge < -0.3 is 19.6 Å². The first-order chi connectivity index (χ1) is 14.4. The maximum absolute atomic E-state index is 13.2. The third-order valence-corrected chi connectivity index (χ3v) is 7.18. The number of nitrogens with two attached hydrogens (primary N) is 1. The van der Waals surface area contributed by atoms with E-state index in [1.807, 2.05) is 22.8 Å². The molecule has 2 unspecified atom stereocenters. The molecule has 0 radical (unpaired) electrons. The molecule has 9 nitrogen and oxygen atoms in total. The van der Waals surface area contributed by atoms with Crippen molar-refractivity contribution >= 4 is 36.3 Å². The monoisotopic (exact) mass is 449 g/mol. The van der Waals surface area contributed by atoms with Crippen LogP contribution >= 0.6 is 19.2 Å². The average Bonchev–Trinajstić information content (AvgIpc) is 3.40. The number of ether oxygens (including phenoxy) is 1. The van der Waals surface area contributed by atoms with E-state index >= 15 is 0 Å². The van der Waals surface area contributed by atoms with E-state index in [-0.39, 0.29) is 18.4 Å². The van der Waals surface area contributed by atoms with Crippen LogP contribution in [0, 0.1) is 0 Å². The minimum Gasteiger partial charge on any atom is -0.368 e. The van der Waals surface area contributed by atoms with Crippen LogP contribution in [0.2, 0.25) is 5.02 Å². The van der Waals surface area contributed by atoms with Crippen molar-refractivity contribution in [3.05, 3.63) is 47.4 Å². The van der Waals surface area contributed by atoms with Gasteiger partial charge in [0.15, 0.2) is 5.65 Å². The van der Waals surface area contributed by atoms with Crippen LogP contribution in [0.1, 0.15) is 30.9 Å². The van der Waals surface area contributed by atoms with Crippen molar-refractivity contribution in [2.45, 2.75) is 37.5 Å². The van der Waals surface area contributed by atoms with E-state index in [4.69, 9.17) is 31.1 Å². The van der Waals surface area contributed by atoms with Crippen LogP contribution in [0.25, 0.3) is 11.2 Å². The van der Waals surface area contributed by atoms with Gasteiger partial charge >= 0.3 is 7.60 Å². The molecule has 0 bridgehead atoms. The Hall–Kier alpha value is -2.03. The Kier molecular flexibility index (Phi) is 5.03. The number of fused-ring (bicyclic) bond motifs is 1. The summed E-state index contributed by atoms with van der Waals surface area (Å²) in [7, 11) is -3.39. The van der Waals surface area contributed by atoms with E-state index in [0.717, 1.165) is 18.4 Å². The molecule has 11 heteroatoms. The molecule has 2 aromatic heterocycles. The van der Waals surface area contributed by atoms with Crippen molar-refractivity contribution in [1.29, 1.82) is 0 Å². The summed E-state index contributed by atoms with van der Waals surface area (Å²) in [6.07, 6.45) is 5.13. The molecule has 1 saturated heterocycles. The van der Waals surface area contributed by atoms with E-state index < -0.39 is 13.2 Å². The number of benzene rings is 1. The van der Waals surface area contributed by atoms with Gasteiger partial charge in [0.05, 0.1) is 37.4 Å². The zero-order chi connectivity index (χ0) is 20.8. The summed E-state index contributed by atoms with van der Waals surface area (Å²) in [5.74, 6) is 0.190. The molecule has 2 fully saturated rings. The average molecular weight is 450 g/mol. The van der Waals surface area contributed by atoms with Gasteiger partial charge in [-0.15, -0.1) is 0 Å². The standard InChI is InChI=1S/C19H21ClN5O4P/c20-14-3-1-2-13(8-14)16-4-7-28-30(26,29-16)12-27-19(5-6-19)10-25-11-23-15-9-22-18(21)24-17(15)25/h1-3,8-9,11,16H,4-7,10,12H2,(H2,21,22,24). The van der Waals surface area contributed by atoms with Crippen molar-refractivity contribution in [2.24, 2.45) is 0 Å². The normalized spacial score (nSPS) is 25.4. The Morgan fingerprint density at radius 1 is 1.37 bits per heavy atom. The molecular formula is C19H21ClN5O4P. The van der Waals surface area contributed by atoms with E-state index in [2.05, 4.69) is 15.0 Å². The lowest BCUT2D eigenvalue weighted by Crippen LogP contribution is -2.24. The van der Waals surface area contributed by atoms with Gasteiger partial charge in [0.25, 0.3) is 0 Å². The van der Waals surface area contributed by atoms with Gasteiger partial charge in [0.1, 0.15) is 11.9 Å². The number of aromatic nitrogens is 4. The Labute approximate surface area is 178 Å². The SMILES string of the molecule is Nc1ncc2ncn(CC3(OCP4(=O)OCCC(c5cccc(Cl)c5)O4)CC3)c2n1. The van der Waals surface area contributed by atoms with Crippen molar-refractivity contribution < 1.29 is 18.3 Å². The first kappa shape index (κ1) is 19.9. The van der Waals surface area contributed by atoms with E-state index in [1.54, 1.807) is 18.6 Å². The molecule has 158 valence electrons. The molecule has 2 atom stereocenters. The molecule has 3 heterocycles.